The average Bonchev–Trinajstić information content (AvgIpc) is 2.82. The van der Waals surface area contributed by atoms with Gasteiger partial charge in [0.15, 0.2) is 5.03 Å². The Morgan fingerprint density at radius 2 is 2.32 bits per heavy atom. The summed E-state index contributed by atoms with van der Waals surface area (Å²) >= 11 is 0. The van der Waals surface area contributed by atoms with Crippen molar-refractivity contribution in [2.75, 3.05) is 18.9 Å². The molecule has 104 valence electrons. The molecule has 1 amide bonds. The van der Waals surface area contributed by atoms with Crippen molar-refractivity contribution in [2.24, 2.45) is 0 Å². The molecule has 2 rings (SSSR count). The fourth-order valence-electron chi connectivity index (χ4n) is 1.90. The van der Waals surface area contributed by atoms with E-state index in [9.17, 15) is 13.2 Å². The maximum atomic E-state index is 12.1. The number of hydrogen-bond donors (Lipinski definition) is 3. The van der Waals surface area contributed by atoms with Crippen LogP contribution in [0.3, 0.4) is 0 Å². The maximum absolute atomic E-state index is 12.1. The van der Waals surface area contributed by atoms with E-state index in [2.05, 4.69) is 20.3 Å². The lowest BCUT2D eigenvalue weighted by molar-refractivity contribution is -0.119. The smallest absolute Gasteiger partial charge is 0.260 e. The van der Waals surface area contributed by atoms with Gasteiger partial charge in [0.25, 0.3) is 10.0 Å². The van der Waals surface area contributed by atoms with Gasteiger partial charge in [0.2, 0.25) is 5.91 Å². The lowest BCUT2D eigenvalue weighted by Gasteiger charge is -2.13. The molecule has 2 heterocycles. The van der Waals surface area contributed by atoms with Crippen molar-refractivity contribution < 1.29 is 13.2 Å². The summed E-state index contributed by atoms with van der Waals surface area (Å²) in [6.45, 7) is 0.174. The molecule has 1 aliphatic rings. The first-order chi connectivity index (χ1) is 9.03. The maximum Gasteiger partial charge on any atom is 0.260 e. The number of carbonyl (C=O) groups is 1. The molecule has 1 unspecified atom stereocenters. The Morgan fingerprint density at radius 3 is 2.95 bits per heavy atom. The summed E-state index contributed by atoms with van der Waals surface area (Å²) in [7, 11) is -2.05. The van der Waals surface area contributed by atoms with Crippen LogP contribution in [-0.2, 0) is 14.8 Å². The van der Waals surface area contributed by atoms with Crippen LogP contribution in [0, 0.1) is 0 Å². The third-order valence-corrected chi connectivity index (χ3v) is 4.28. The van der Waals surface area contributed by atoms with Gasteiger partial charge in [-0.1, -0.05) is 0 Å². The highest BCUT2D eigenvalue weighted by Gasteiger charge is 2.25. The van der Waals surface area contributed by atoms with Crippen LogP contribution in [0.25, 0.3) is 0 Å². The molecule has 1 aromatic heterocycles. The highest BCUT2D eigenvalue weighted by molar-refractivity contribution is 7.89. The second kappa shape index (κ2) is 5.54. The van der Waals surface area contributed by atoms with Crippen LogP contribution < -0.4 is 15.4 Å². The number of rotatable bonds is 5. The van der Waals surface area contributed by atoms with Crippen LogP contribution >= 0.6 is 0 Å². The fraction of sp³-hybridized carbons (Fsp3) is 0.455. The van der Waals surface area contributed by atoms with E-state index in [-0.39, 0.29) is 23.5 Å². The van der Waals surface area contributed by atoms with E-state index in [1.165, 1.54) is 6.20 Å². The van der Waals surface area contributed by atoms with E-state index in [1.807, 2.05) is 0 Å². The van der Waals surface area contributed by atoms with Gasteiger partial charge in [0, 0.05) is 32.3 Å². The van der Waals surface area contributed by atoms with Crippen LogP contribution in [0.2, 0.25) is 0 Å². The summed E-state index contributed by atoms with van der Waals surface area (Å²) in [6, 6.07) is 3.14. The molecular formula is C11H16N4O3S. The Hall–Kier alpha value is -1.67. The van der Waals surface area contributed by atoms with Gasteiger partial charge in [-0.2, -0.15) is 0 Å². The minimum absolute atomic E-state index is 0.0400. The number of hydrogen-bond acceptors (Lipinski definition) is 5. The van der Waals surface area contributed by atoms with Crippen LogP contribution in [0.1, 0.15) is 12.8 Å². The highest BCUT2D eigenvalue weighted by Crippen LogP contribution is 2.17. The van der Waals surface area contributed by atoms with Gasteiger partial charge in [0.1, 0.15) is 0 Å². The molecule has 1 aromatic rings. The van der Waals surface area contributed by atoms with Crippen molar-refractivity contribution in [3.8, 4) is 0 Å². The molecule has 1 aliphatic heterocycles. The molecule has 0 radical (unpaired) electrons. The molecule has 0 aliphatic carbocycles. The molecule has 19 heavy (non-hydrogen) atoms. The Labute approximate surface area is 111 Å². The molecule has 1 saturated heterocycles. The SMILES string of the molecule is CNc1cccnc1S(=O)(=O)NCC1CCC(=O)N1. The van der Waals surface area contributed by atoms with Gasteiger partial charge in [-0.05, 0) is 18.6 Å². The van der Waals surface area contributed by atoms with E-state index < -0.39 is 10.0 Å². The number of aromatic nitrogens is 1. The van der Waals surface area contributed by atoms with E-state index >= 15 is 0 Å². The van der Waals surface area contributed by atoms with Gasteiger partial charge in [-0.3, -0.25) is 4.79 Å². The summed E-state index contributed by atoms with van der Waals surface area (Å²) in [6.07, 6.45) is 2.51. The minimum Gasteiger partial charge on any atom is -0.386 e. The van der Waals surface area contributed by atoms with Crippen molar-refractivity contribution in [2.45, 2.75) is 23.9 Å². The summed E-state index contributed by atoms with van der Waals surface area (Å²) in [4.78, 5) is 14.9. The highest BCUT2D eigenvalue weighted by atomic mass is 32.2. The number of amides is 1. The Kier molecular flexibility index (Phi) is 4.01. The third kappa shape index (κ3) is 3.21. The van der Waals surface area contributed by atoms with Crippen molar-refractivity contribution >= 4 is 21.6 Å². The Bertz CT molecular complexity index is 573. The van der Waals surface area contributed by atoms with Crippen LogP contribution in [0.4, 0.5) is 5.69 Å². The molecule has 0 saturated carbocycles. The predicted octanol–water partition coefficient (Wildman–Crippen LogP) is -0.320. The number of carbonyl (C=O) groups excluding carboxylic acids is 1. The van der Waals surface area contributed by atoms with Crippen molar-refractivity contribution in [3.63, 3.8) is 0 Å². The first kappa shape index (κ1) is 13.8. The van der Waals surface area contributed by atoms with E-state index in [0.717, 1.165) is 0 Å². The lowest BCUT2D eigenvalue weighted by atomic mass is 10.2. The third-order valence-electron chi connectivity index (χ3n) is 2.90. The van der Waals surface area contributed by atoms with Crippen molar-refractivity contribution in [3.05, 3.63) is 18.3 Å². The molecule has 0 bridgehead atoms. The summed E-state index contributed by atoms with van der Waals surface area (Å²) in [5.41, 5.74) is 0.436. The zero-order chi connectivity index (χ0) is 13.9. The van der Waals surface area contributed by atoms with Crippen LogP contribution in [-0.4, -0.2) is 38.9 Å². The Morgan fingerprint density at radius 1 is 1.53 bits per heavy atom. The fourth-order valence-corrected chi connectivity index (χ4v) is 3.12. The number of sulfonamides is 1. The minimum atomic E-state index is -3.68. The summed E-state index contributed by atoms with van der Waals surface area (Å²) in [5, 5.41) is 5.45. The Balaban J connectivity index is 2.08. The van der Waals surface area contributed by atoms with Crippen LogP contribution in [0.5, 0.6) is 0 Å². The molecule has 0 spiro atoms. The molecular weight excluding hydrogens is 268 g/mol. The number of anilines is 1. The van der Waals surface area contributed by atoms with E-state index in [4.69, 9.17) is 0 Å². The first-order valence-corrected chi connectivity index (χ1v) is 7.43. The monoisotopic (exact) mass is 284 g/mol. The number of pyridine rings is 1. The lowest BCUT2D eigenvalue weighted by Crippen LogP contribution is -2.38. The average molecular weight is 284 g/mol. The van der Waals surface area contributed by atoms with Crippen LogP contribution in [0.15, 0.2) is 23.4 Å². The molecule has 7 nitrogen and oxygen atoms in total. The van der Waals surface area contributed by atoms with E-state index in [1.54, 1.807) is 19.2 Å². The molecule has 8 heteroatoms. The summed E-state index contributed by atoms with van der Waals surface area (Å²) < 4.78 is 26.7. The largest absolute Gasteiger partial charge is 0.386 e. The quantitative estimate of drug-likeness (QED) is 0.688. The second-order valence-corrected chi connectivity index (χ2v) is 5.94. The van der Waals surface area contributed by atoms with Crippen molar-refractivity contribution in [1.82, 2.24) is 15.0 Å². The number of nitrogens with zero attached hydrogens (tertiary/aromatic N) is 1. The predicted molar refractivity (Wildman–Crippen MR) is 70.1 cm³/mol. The zero-order valence-electron chi connectivity index (χ0n) is 10.5. The normalized spacial score (nSPS) is 19.2. The second-order valence-electron chi connectivity index (χ2n) is 4.26. The number of nitrogens with one attached hydrogen (secondary N) is 3. The molecule has 1 fully saturated rings. The molecule has 0 aromatic carbocycles. The zero-order valence-corrected chi connectivity index (χ0v) is 11.3. The van der Waals surface area contributed by atoms with E-state index in [0.29, 0.717) is 18.5 Å². The van der Waals surface area contributed by atoms with Gasteiger partial charge >= 0.3 is 0 Å². The molecule has 3 N–H and O–H groups in total. The standard InChI is InChI=1S/C11H16N4O3S/c1-12-9-3-2-6-13-11(9)19(17,18)14-7-8-4-5-10(16)15-8/h2-3,6,8,12,14H,4-5,7H2,1H3,(H,15,16). The van der Waals surface area contributed by atoms with Gasteiger partial charge < -0.3 is 10.6 Å². The molecule has 1 atom stereocenters. The van der Waals surface area contributed by atoms with Crippen molar-refractivity contribution in [1.29, 1.82) is 0 Å². The van der Waals surface area contributed by atoms with Gasteiger partial charge in [-0.25, -0.2) is 18.1 Å². The van der Waals surface area contributed by atoms with Gasteiger partial charge in [0.05, 0.1) is 5.69 Å². The summed E-state index contributed by atoms with van der Waals surface area (Å²) in [5.74, 6) is -0.0436. The van der Waals surface area contributed by atoms with Gasteiger partial charge in [-0.15, -0.1) is 0 Å². The topological polar surface area (TPSA) is 100 Å². The first-order valence-electron chi connectivity index (χ1n) is 5.95.